The second kappa shape index (κ2) is 7.76. The van der Waals surface area contributed by atoms with Gasteiger partial charge in [-0.15, -0.1) is 0 Å². The van der Waals surface area contributed by atoms with Crippen molar-refractivity contribution in [1.82, 2.24) is 4.90 Å². The predicted molar refractivity (Wildman–Crippen MR) is 55.0 cm³/mol. The average Bonchev–Trinajstić information content (AvgIpc) is 2.11. The molecular weight excluding hydrogens is 182 g/mol. The lowest BCUT2D eigenvalue weighted by Gasteiger charge is -2.18. The fourth-order valence-electron chi connectivity index (χ4n) is 1.14. The Labute approximate surface area is 85.9 Å². The van der Waals surface area contributed by atoms with Crippen molar-refractivity contribution in [2.45, 2.75) is 33.3 Å². The predicted octanol–water partition coefficient (Wildman–Crippen LogP) is 0.642. The summed E-state index contributed by atoms with van der Waals surface area (Å²) in [6.07, 6.45) is 0.349. The molecule has 14 heavy (non-hydrogen) atoms. The van der Waals surface area contributed by atoms with E-state index in [1.807, 2.05) is 25.7 Å². The van der Waals surface area contributed by atoms with Gasteiger partial charge in [0.25, 0.3) is 0 Å². The molecule has 0 heterocycles. The molecular formula is C10H21NO3. The number of ether oxygens (including phenoxy) is 1. The lowest BCUT2D eigenvalue weighted by atomic mass is 10.3. The van der Waals surface area contributed by atoms with Gasteiger partial charge >= 0.3 is 5.97 Å². The van der Waals surface area contributed by atoms with E-state index in [-0.39, 0.29) is 18.7 Å². The van der Waals surface area contributed by atoms with Gasteiger partial charge in [0, 0.05) is 13.1 Å². The topological polar surface area (TPSA) is 49.8 Å². The monoisotopic (exact) mass is 203 g/mol. The Morgan fingerprint density at radius 3 is 2.50 bits per heavy atom. The third kappa shape index (κ3) is 6.86. The van der Waals surface area contributed by atoms with Crippen molar-refractivity contribution in [3.63, 3.8) is 0 Å². The van der Waals surface area contributed by atoms with E-state index < -0.39 is 0 Å². The first-order chi connectivity index (χ1) is 6.60. The Kier molecular flexibility index (Phi) is 7.42. The van der Waals surface area contributed by atoms with Crippen LogP contribution in [0, 0.1) is 0 Å². The molecule has 0 spiro atoms. The molecule has 0 bridgehead atoms. The molecule has 0 saturated carbocycles. The van der Waals surface area contributed by atoms with Crippen LogP contribution in [0.2, 0.25) is 0 Å². The van der Waals surface area contributed by atoms with Crippen molar-refractivity contribution >= 4 is 5.97 Å². The van der Waals surface area contributed by atoms with Gasteiger partial charge in [-0.1, -0.05) is 6.92 Å². The molecule has 0 fully saturated rings. The number of carbonyl (C=O) groups excluding carboxylic acids is 1. The number of esters is 1. The first kappa shape index (κ1) is 13.4. The van der Waals surface area contributed by atoms with Gasteiger partial charge in [0.1, 0.15) is 0 Å². The number of rotatable bonds is 7. The van der Waals surface area contributed by atoms with Gasteiger partial charge in [0.15, 0.2) is 0 Å². The molecule has 0 rings (SSSR count). The number of aliphatic hydroxyl groups excluding tert-OH is 1. The summed E-state index contributed by atoms with van der Waals surface area (Å²) < 4.78 is 5.00. The van der Waals surface area contributed by atoms with Crippen molar-refractivity contribution in [2.24, 2.45) is 0 Å². The van der Waals surface area contributed by atoms with Crippen molar-refractivity contribution < 1.29 is 14.6 Å². The average molecular weight is 203 g/mol. The van der Waals surface area contributed by atoms with E-state index in [0.29, 0.717) is 19.5 Å². The smallest absolute Gasteiger partial charge is 0.307 e. The van der Waals surface area contributed by atoms with Crippen molar-refractivity contribution in [1.29, 1.82) is 0 Å². The van der Waals surface area contributed by atoms with Gasteiger partial charge in [-0.05, 0) is 20.4 Å². The Bertz CT molecular complexity index is 159. The molecule has 84 valence electrons. The van der Waals surface area contributed by atoms with E-state index in [0.717, 1.165) is 6.54 Å². The summed E-state index contributed by atoms with van der Waals surface area (Å²) in [6.45, 7) is 7.92. The third-order valence-corrected chi connectivity index (χ3v) is 1.86. The second-order valence-electron chi connectivity index (χ2n) is 3.45. The van der Waals surface area contributed by atoms with Gasteiger partial charge in [0.2, 0.25) is 0 Å². The number of hydrogen-bond acceptors (Lipinski definition) is 4. The van der Waals surface area contributed by atoms with Gasteiger partial charge in [-0.3, -0.25) is 4.79 Å². The van der Waals surface area contributed by atoms with Crippen LogP contribution in [0.1, 0.15) is 27.2 Å². The summed E-state index contributed by atoms with van der Waals surface area (Å²) in [4.78, 5) is 13.2. The Morgan fingerprint density at radius 1 is 1.43 bits per heavy atom. The van der Waals surface area contributed by atoms with Gasteiger partial charge in [-0.2, -0.15) is 0 Å². The molecule has 0 aromatic carbocycles. The highest BCUT2D eigenvalue weighted by atomic mass is 16.5. The normalized spacial score (nSPS) is 11.0. The molecule has 4 heteroatoms. The van der Waals surface area contributed by atoms with E-state index in [4.69, 9.17) is 9.84 Å². The standard InChI is InChI=1S/C10H21NO3/c1-4-11(7-8-12)6-5-10(13)14-9(2)3/h9,12H,4-8H2,1-3H3. The molecule has 0 radical (unpaired) electrons. The molecule has 1 N–H and O–H groups in total. The molecule has 0 saturated heterocycles. The minimum Gasteiger partial charge on any atom is -0.463 e. The molecule has 0 unspecified atom stereocenters. The summed E-state index contributed by atoms with van der Waals surface area (Å²) in [6, 6.07) is 0. The van der Waals surface area contributed by atoms with Crippen LogP contribution in [0.15, 0.2) is 0 Å². The fourth-order valence-corrected chi connectivity index (χ4v) is 1.14. The van der Waals surface area contributed by atoms with E-state index in [1.165, 1.54) is 0 Å². The zero-order valence-corrected chi connectivity index (χ0v) is 9.32. The maximum atomic E-state index is 11.2. The second-order valence-corrected chi connectivity index (χ2v) is 3.45. The lowest BCUT2D eigenvalue weighted by molar-refractivity contribution is -0.147. The molecule has 0 amide bonds. The summed E-state index contributed by atoms with van der Waals surface area (Å²) in [5.74, 6) is -0.170. The SMILES string of the molecule is CCN(CCO)CCC(=O)OC(C)C. The minimum absolute atomic E-state index is 0.0459. The van der Waals surface area contributed by atoms with Crippen LogP contribution in [-0.2, 0) is 9.53 Å². The molecule has 4 nitrogen and oxygen atoms in total. The maximum Gasteiger partial charge on any atom is 0.307 e. The fraction of sp³-hybridized carbons (Fsp3) is 0.900. The van der Waals surface area contributed by atoms with Crippen LogP contribution >= 0.6 is 0 Å². The Morgan fingerprint density at radius 2 is 2.07 bits per heavy atom. The Balaban J connectivity index is 3.62. The van der Waals surface area contributed by atoms with Crippen LogP contribution in [0.25, 0.3) is 0 Å². The van der Waals surface area contributed by atoms with Crippen molar-refractivity contribution in [2.75, 3.05) is 26.2 Å². The largest absolute Gasteiger partial charge is 0.463 e. The third-order valence-electron chi connectivity index (χ3n) is 1.86. The summed E-state index contributed by atoms with van der Waals surface area (Å²) in [5.41, 5.74) is 0. The molecule has 0 aliphatic carbocycles. The summed E-state index contributed by atoms with van der Waals surface area (Å²) in [7, 11) is 0. The van der Waals surface area contributed by atoms with Gasteiger partial charge in [-0.25, -0.2) is 0 Å². The van der Waals surface area contributed by atoms with Gasteiger partial charge < -0.3 is 14.7 Å². The number of nitrogens with zero attached hydrogens (tertiary/aromatic N) is 1. The van der Waals surface area contributed by atoms with E-state index >= 15 is 0 Å². The van der Waals surface area contributed by atoms with Crippen molar-refractivity contribution in [3.05, 3.63) is 0 Å². The molecule has 0 aromatic rings. The first-order valence-electron chi connectivity index (χ1n) is 5.12. The number of hydrogen-bond donors (Lipinski definition) is 1. The lowest BCUT2D eigenvalue weighted by Crippen LogP contribution is -2.29. The first-order valence-corrected chi connectivity index (χ1v) is 5.12. The number of aliphatic hydroxyl groups is 1. The quantitative estimate of drug-likeness (QED) is 0.617. The van der Waals surface area contributed by atoms with E-state index in [9.17, 15) is 4.79 Å². The Hall–Kier alpha value is -0.610. The zero-order chi connectivity index (χ0) is 11.0. The highest BCUT2D eigenvalue weighted by Crippen LogP contribution is 1.96. The van der Waals surface area contributed by atoms with Crippen LogP contribution in [0.5, 0.6) is 0 Å². The number of likely N-dealkylation sites (N-methyl/N-ethyl adjacent to an activating group) is 1. The molecule has 0 aliphatic rings. The van der Waals surface area contributed by atoms with E-state index in [2.05, 4.69) is 0 Å². The molecule has 0 aliphatic heterocycles. The van der Waals surface area contributed by atoms with Gasteiger partial charge in [0.05, 0.1) is 19.1 Å². The summed E-state index contributed by atoms with van der Waals surface area (Å²) in [5, 5.41) is 8.72. The highest BCUT2D eigenvalue weighted by molar-refractivity contribution is 5.69. The summed E-state index contributed by atoms with van der Waals surface area (Å²) >= 11 is 0. The zero-order valence-electron chi connectivity index (χ0n) is 9.32. The molecule has 0 aromatic heterocycles. The number of carbonyl (C=O) groups is 1. The maximum absolute atomic E-state index is 11.2. The highest BCUT2D eigenvalue weighted by Gasteiger charge is 2.08. The molecule has 0 atom stereocenters. The van der Waals surface area contributed by atoms with E-state index in [1.54, 1.807) is 0 Å². The minimum atomic E-state index is -0.170. The van der Waals surface area contributed by atoms with Crippen LogP contribution in [0.4, 0.5) is 0 Å². The van der Waals surface area contributed by atoms with Crippen LogP contribution in [-0.4, -0.2) is 48.3 Å². The van der Waals surface area contributed by atoms with Crippen LogP contribution in [0.3, 0.4) is 0 Å². The van der Waals surface area contributed by atoms with Crippen molar-refractivity contribution in [3.8, 4) is 0 Å². The van der Waals surface area contributed by atoms with Crippen LogP contribution < -0.4 is 0 Å².